The minimum atomic E-state index is -0.506. The monoisotopic (exact) mass is 387 g/mol. The van der Waals surface area contributed by atoms with Crippen LogP contribution in [0.4, 0.5) is 0 Å². The van der Waals surface area contributed by atoms with Crippen molar-refractivity contribution in [2.45, 2.75) is 122 Å². The van der Waals surface area contributed by atoms with E-state index in [9.17, 15) is 4.79 Å². The molecule has 0 aromatic heterocycles. The van der Waals surface area contributed by atoms with E-state index in [0.717, 1.165) is 12.8 Å². The number of carbonyl (C=O) groups excluding carboxylic acids is 1. The largest absolute Gasteiger partial charge is 0.465 e. The Morgan fingerprint density at radius 3 is 1.54 bits per heavy atom. The first kappa shape index (κ1) is 25.8. The maximum absolute atomic E-state index is 11.5. The van der Waals surface area contributed by atoms with Gasteiger partial charge in [0.2, 0.25) is 0 Å². The number of nitrogens with two attached hydrogens (primary N) is 1. The van der Waals surface area contributed by atoms with Gasteiger partial charge in [0, 0.05) is 0 Å². The third-order valence-corrected chi connectivity index (χ3v) is 5.24. The Kier molecular flexibility index (Phi) is 20.9. The molecule has 26 heavy (non-hydrogen) atoms. The Morgan fingerprint density at radius 2 is 1.15 bits per heavy atom. The van der Waals surface area contributed by atoms with Crippen LogP contribution in [-0.2, 0) is 9.53 Å². The molecule has 0 aliphatic rings. The van der Waals surface area contributed by atoms with Crippen LogP contribution >= 0.6 is 12.6 Å². The topological polar surface area (TPSA) is 52.3 Å². The van der Waals surface area contributed by atoms with E-state index in [1.807, 2.05) is 0 Å². The van der Waals surface area contributed by atoms with Gasteiger partial charge in [-0.3, -0.25) is 4.79 Å². The molecule has 2 N–H and O–H groups in total. The molecule has 0 saturated carbocycles. The highest BCUT2D eigenvalue weighted by molar-refractivity contribution is 7.80. The summed E-state index contributed by atoms with van der Waals surface area (Å²) in [5.74, 6) is 0.343. The van der Waals surface area contributed by atoms with Gasteiger partial charge in [-0.25, -0.2) is 0 Å². The number of thiol groups is 1. The van der Waals surface area contributed by atoms with Crippen molar-refractivity contribution in [2.24, 2.45) is 5.73 Å². The van der Waals surface area contributed by atoms with Crippen LogP contribution in [0, 0.1) is 0 Å². The summed E-state index contributed by atoms with van der Waals surface area (Å²) in [4.78, 5) is 11.5. The minimum Gasteiger partial charge on any atom is -0.465 e. The summed E-state index contributed by atoms with van der Waals surface area (Å²) in [6, 6.07) is -0.506. The molecule has 3 nitrogen and oxygen atoms in total. The van der Waals surface area contributed by atoms with Gasteiger partial charge in [0.05, 0.1) is 6.61 Å². The molecule has 0 bridgehead atoms. The molecule has 4 heteroatoms. The molecule has 0 aliphatic heterocycles. The summed E-state index contributed by atoms with van der Waals surface area (Å²) in [5.41, 5.74) is 5.68. The molecule has 0 heterocycles. The second-order valence-corrected chi connectivity index (χ2v) is 8.04. The van der Waals surface area contributed by atoms with Gasteiger partial charge in [0.15, 0.2) is 0 Å². The van der Waals surface area contributed by atoms with E-state index in [-0.39, 0.29) is 5.97 Å². The third-order valence-electron chi connectivity index (χ3n) is 4.99. The highest BCUT2D eigenvalue weighted by Gasteiger charge is 2.13. The molecular weight excluding hydrogens is 342 g/mol. The van der Waals surface area contributed by atoms with Gasteiger partial charge >= 0.3 is 5.97 Å². The van der Waals surface area contributed by atoms with Crippen LogP contribution in [0.2, 0.25) is 0 Å². The standard InChI is InChI=1S/C22H45NO2S/c1-2-3-4-5-6-7-8-9-10-11-12-13-14-15-16-17-19-25-22(24)21(23)18-20-26/h21,26H,2-20,23H2,1H3. The first-order valence-electron chi connectivity index (χ1n) is 11.3. The lowest BCUT2D eigenvalue weighted by molar-refractivity contribution is -0.145. The van der Waals surface area contributed by atoms with E-state index in [0.29, 0.717) is 18.8 Å². The number of carbonyl (C=O) groups is 1. The molecule has 0 aliphatic carbocycles. The van der Waals surface area contributed by atoms with Gasteiger partial charge in [-0.05, 0) is 18.6 Å². The van der Waals surface area contributed by atoms with Crippen molar-refractivity contribution in [3.05, 3.63) is 0 Å². The van der Waals surface area contributed by atoms with E-state index >= 15 is 0 Å². The SMILES string of the molecule is CCCCCCCCCCCCCCCCCCOC(=O)C(N)CCS. The fourth-order valence-electron chi connectivity index (χ4n) is 3.19. The molecular formula is C22H45NO2S. The Bertz CT molecular complexity index is 300. The molecule has 0 spiro atoms. The first-order valence-corrected chi connectivity index (χ1v) is 11.9. The van der Waals surface area contributed by atoms with E-state index < -0.39 is 6.04 Å². The smallest absolute Gasteiger partial charge is 0.322 e. The summed E-state index contributed by atoms with van der Waals surface area (Å²) >= 11 is 4.07. The summed E-state index contributed by atoms with van der Waals surface area (Å²) in [6.07, 6.45) is 22.2. The Hall–Kier alpha value is -0.220. The molecule has 0 radical (unpaired) electrons. The van der Waals surface area contributed by atoms with Gasteiger partial charge in [-0.2, -0.15) is 12.6 Å². The molecule has 0 fully saturated rings. The van der Waals surface area contributed by atoms with Crippen LogP contribution in [0.1, 0.15) is 116 Å². The van der Waals surface area contributed by atoms with Gasteiger partial charge in [0.25, 0.3) is 0 Å². The van der Waals surface area contributed by atoms with E-state index in [1.54, 1.807) is 0 Å². The summed E-state index contributed by atoms with van der Waals surface area (Å²) in [7, 11) is 0. The molecule has 1 unspecified atom stereocenters. The second-order valence-electron chi connectivity index (χ2n) is 7.59. The van der Waals surface area contributed by atoms with Crippen molar-refractivity contribution in [1.29, 1.82) is 0 Å². The number of hydrogen-bond donors (Lipinski definition) is 2. The fourth-order valence-corrected chi connectivity index (χ4v) is 3.47. The fraction of sp³-hybridized carbons (Fsp3) is 0.955. The van der Waals surface area contributed by atoms with E-state index in [4.69, 9.17) is 10.5 Å². The first-order chi connectivity index (χ1) is 12.7. The molecule has 0 rings (SSSR count). The quantitative estimate of drug-likeness (QED) is 0.144. The van der Waals surface area contributed by atoms with Crippen LogP contribution in [0.25, 0.3) is 0 Å². The maximum atomic E-state index is 11.5. The zero-order valence-electron chi connectivity index (χ0n) is 17.4. The highest BCUT2D eigenvalue weighted by atomic mass is 32.1. The lowest BCUT2D eigenvalue weighted by atomic mass is 10.0. The Morgan fingerprint density at radius 1 is 0.769 bits per heavy atom. The van der Waals surface area contributed by atoms with Crippen LogP contribution in [-0.4, -0.2) is 24.4 Å². The molecule has 0 aromatic carbocycles. The van der Waals surface area contributed by atoms with Crippen LogP contribution < -0.4 is 5.73 Å². The Balaban J connectivity index is 3.12. The minimum absolute atomic E-state index is 0.278. The van der Waals surface area contributed by atoms with Crippen molar-refractivity contribution in [1.82, 2.24) is 0 Å². The lowest BCUT2D eigenvalue weighted by Gasteiger charge is -2.10. The maximum Gasteiger partial charge on any atom is 0.322 e. The van der Waals surface area contributed by atoms with Crippen molar-refractivity contribution < 1.29 is 9.53 Å². The van der Waals surface area contributed by atoms with Gasteiger partial charge in [-0.15, -0.1) is 0 Å². The predicted octanol–water partition coefficient (Wildman–Crippen LogP) is 6.44. The molecule has 0 aromatic rings. The second kappa shape index (κ2) is 21.1. The molecule has 1 atom stereocenters. The van der Waals surface area contributed by atoms with Crippen LogP contribution in [0.15, 0.2) is 0 Å². The molecule has 0 amide bonds. The average molecular weight is 388 g/mol. The third kappa shape index (κ3) is 18.6. The average Bonchev–Trinajstić information content (AvgIpc) is 2.64. The van der Waals surface area contributed by atoms with Crippen LogP contribution in [0.5, 0.6) is 0 Å². The Labute approximate surface area is 168 Å². The normalized spacial score (nSPS) is 12.3. The summed E-state index contributed by atoms with van der Waals surface area (Å²) in [5, 5.41) is 0. The number of esters is 1. The van der Waals surface area contributed by atoms with Crippen molar-refractivity contribution in [3.63, 3.8) is 0 Å². The predicted molar refractivity (Wildman–Crippen MR) is 117 cm³/mol. The summed E-state index contributed by atoms with van der Waals surface area (Å²) < 4.78 is 5.18. The van der Waals surface area contributed by atoms with Crippen molar-refractivity contribution >= 4 is 18.6 Å². The number of unbranched alkanes of at least 4 members (excludes halogenated alkanes) is 15. The zero-order chi connectivity index (χ0) is 19.3. The van der Waals surface area contributed by atoms with Gasteiger partial charge in [0.1, 0.15) is 6.04 Å². The number of hydrogen-bond acceptors (Lipinski definition) is 4. The molecule has 156 valence electrons. The van der Waals surface area contributed by atoms with Gasteiger partial charge < -0.3 is 10.5 Å². The molecule has 0 saturated heterocycles. The van der Waals surface area contributed by atoms with Crippen LogP contribution in [0.3, 0.4) is 0 Å². The van der Waals surface area contributed by atoms with Crippen molar-refractivity contribution in [2.75, 3.05) is 12.4 Å². The number of ether oxygens (including phenoxy) is 1. The lowest BCUT2D eigenvalue weighted by Crippen LogP contribution is -2.32. The highest BCUT2D eigenvalue weighted by Crippen LogP contribution is 2.13. The number of rotatable bonds is 20. The van der Waals surface area contributed by atoms with Gasteiger partial charge in [-0.1, -0.05) is 103 Å². The van der Waals surface area contributed by atoms with E-state index in [2.05, 4.69) is 19.6 Å². The summed E-state index contributed by atoms with van der Waals surface area (Å²) in [6.45, 7) is 2.79. The van der Waals surface area contributed by atoms with Crippen molar-refractivity contribution in [3.8, 4) is 0 Å². The zero-order valence-corrected chi connectivity index (χ0v) is 18.2. The van der Waals surface area contributed by atoms with E-state index in [1.165, 1.54) is 89.9 Å².